The van der Waals surface area contributed by atoms with Crippen molar-refractivity contribution in [1.82, 2.24) is 4.90 Å². The van der Waals surface area contributed by atoms with Crippen molar-refractivity contribution >= 4 is 5.78 Å². The molecule has 1 aliphatic carbocycles. The summed E-state index contributed by atoms with van der Waals surface area (Å²) in [5.74, 6) is 1.11. The van der Waals surface area contributed by atoms with E-state index in [-0.39, 0.29) is 0 Å². The van der Waals surface area contributed by atoms with Gasteiger partial charge in [-0.1, -0.05) is 25.3 Å². The lowest BCUT2D eigenvalue weighted by Crippen LogP contribution is -2.29. The van der Waals surface area contributed by atoms with E-state index in [0.29, 0.717) is 11.7 Å². The van der Waals surface area contributed by atoms with Gasteiger partial charge in [0.15, 0.2) is 5.78 Å². The van der Waals surface area contributed by atoms with Gasteiger partial charge in [0.2, 0.25) is 0 Å². The summed E-state index contributed by atoms with van der Waals surface area (Å²) in [5, 5.41) is 0. The normalized spacial score (nSPS) is 24.2. The first kappa shape index (κ1) is 9.91. The highest BCUT2D eigenvalue weighted by Crippen LogP contribution is 2.30. The van der Waals surface area contributed by atoms with Gasteiger partial charge in [-0.25, -0.2) is 0 Å². The van der Waals surface area contributed by atoms with Gasteiger partial charge >= 0.3 is 0 Å². The highest BCUT2D eigenvalue weighted by molar-refractivity contribution is 5.96. The Bertz CT molecular complexity index is 253. The molecule has 1 fully saturated rings. The van der Waals surface area contributed by atoms with Crippen molar-refractivity contribution in [3.8, 4) is 0 Å². The van der Waals surface area contributed by atoms with Crippen molar-refractivity contribution < 1.29 is 4.79 Å². The van der Waals surface area contributed by atoms with Crippen LogP contribution in [0.15, 0.2) is 11.6 Å². The Kier molecular flexibility index (Phi) is 3.02. The van der Waals surface area contributed by atoms with Gasteiger partial charge < -0.3 is 4.90 Å². The van der Waals surface area contributed by atoms with Crippen molar-refractivity contribution in [1.29, 1.82) is 0 Å². The van der Waals surface area contributed by atoms with Crippen LogP contribution in [-0.2, 0) is 4.79 Å². The van der Waals surface area contributed by atoms with Gasteiger partial charge in [-0.05, 0) is 19.4 Å². The van der Waals surface area contributed by atoms with Crippen molar-refractivity contribution in [3.63, 3.8) is 0 Å². The number of carbonyl (C=O) groups excluding carboxylic acids is 1. The Morgan fingerprint density at radius 2 is 2.36 bits per heavy atom. The van der Waals surface area contributed by atoms with Crippen LogP contribution in [0.1, 0.15) is 32.1 Å². The van der Waals surface area contributed by atoms with E-state index in [9.17, 15) is 4.79 Å². The van der Waals surface area contributed by atoms with Crippen LogP contribution in [0, 0.1) is 5.92 Å². The van der Waals surface area contributed by atoms with Crippen molar-refractivity contribution in [2.24, 2.45) is 5.92 Å². The molecular formula is C12H19NO. The lowest BCUT2D eigenvalue weighted by molar-refractivity contribution is -0.117. The molecule has 0 saturated heterocycles. The van der Waals surface area contributed by atoms with Crippen LogP contribution >= 0.6 is 0 Å². The van der Waals surface area contributed by atoms with E-state index in [1.807, 2.05) is 0 Å². The van der Waals surface area contributed by atoms with Crippen molar-refractivity contribution in [2.45, 2.75) is 32.1 Å². The summed E-state index contributed by atoms with van der Waals surface area (Å²) in [6, 6.07) is 0. The Morgan fingerprint density at radius 1 is 1.57 bits per heavy atom. The molecule has 1 saturated carbocycles. The second-order valence-electron chi connectivity index (χ2n) is 4.68. The minimum absolute atomic E-state index is 0.404. The molecule has 0 unspecified atom stereocenters. The molecule has 0 amide bonds. The molecule has 1 aliphatic heterocycles. The van der Waals surface area contributed by atoms with Crippen molar-refractivity contribution in [3.05, 3.63) is 11.6 Å². The molecule has 0 spiro atoms. The van der Waals surface area contributed by atoms with Crippen LogP contribution in [0.3, 0.4) is 0 Å². The lowest BCUT2D eigenvalue weighted by Gasteiger charge is -2.27. The van der Waals surface area contributed by atoms with E-state index in [2.05, 4.69) is 18.0 Å². The summed E-state index contributed by atoms with van der Waals surface area (Å²) in [6.07, 6.45) is 7.86. The van der Waals surface area contributed by atoms with Crippen LogP contribution in [-0.4, -0.2) is 30.8 Å². The summed E-state index contributed by atoms with van der Waals surface area (Å²) < 4.78 is 0. The standard InChI is InChI=1S/C12H19NO/c1-13-7-3-6-11(9-13)12(14)8-10-4-2-5-10/h6,10H,2-5,7-9H2,1H3. The average Bonchev–Trinajstić information content (AvgIpc) is 2.11. The number of likely N-dealkylation sites (N-methyl/N-ethyl adjacent to an activating group) is 1. The number of hydrogen-bond donors (Lipinski definition) is 0. The highest BCUT2D eigenvalue weighted by Gasteiger charge is 2.23. The van der Waals surface area contributed by atoms with Crippen LogP contribution in [0.4, 0.5) is 0 Å². The molecule has 0 bridgehead atoms. The lowest BCUT2D eigenvalue weighted by atomic mass is 9.80. The van der Waals surface area contributed by atoms with Crippen LogP contribution in [0.25, 0.3) is 0 Å². The maximum Gasteiger partial charge on any atom is 0.160 e. The van der Waals surface area contributed by atoms with E-state index in [0.717, 1.165) is 31.5 Å². The third-order valence-electron chi connectivity index (χ3n) is 3.40. The average molecular weight is 193 g/mol. The first-order valence-corrected chi connectivity index (χ1v) is 5.66. The van der Waals surface area contributed by atoms with Gasteiger partial charge in [0.05, 0.1) is 0 Å². The SMILES string of the molecule is CN1CCC=C(C(=O)CC2CCC2)C1. The number of ketones is 1. The Hall–Kier alpha value is -0.630. The van der Waals surface area contributed by atoms with Crippen LogP contribution in [0.2, 0.25) is 0 Å². The maximum absolute atomic E-state index is 11.9. The molecule has 1 heterocycles. The molecule has 0 aromatic carbocycles. The zero-order chi connectivity index (χ0) is 9.97. The summed E-state index contributed by atoms with van der Waals surface area (Å²) in [7, 11) is 2.09. The van der Waals surface area contributed by atoms with E-state index < -0.39 is 0 Å². The molecule has 2 rings (SSSR count). The van der Waals surface area contributed by atoms with E-state index >= 15 is 0 Å². The second-order valence-corrected chi connectivity index (χ2v) is 4.68. The number of nitrogens with zero attached hydrogens (tertiary/aromatic N) is 1. The van der Waals surface area contributed by atoms with Gasteiger partial charge in [0, 0.05) is 25.1 Å². The zero-order valence-corrected chi connectivity index (χ0v) is 8.96. The molecule has 0 aromatic heterocycles. The predicted octanol–water partition coefficient (Wildman–Crippen LogP) is 2.01. The largest absolute Gasteiger partial charge is 0.302 e. The maximum atomic E-state index is 11.9. The third kappa shape index (κ3) is 2.24. The number of Topliss-reactive ketones (excluding diaryl/α,β-unsaturated/α-hetero) is 1. The number of hydrogen-bond acceptors (Lipinski definition) is 2. The Morgan fingerprint density at radius 3 is 2.93 bits per heavy atom. The first-order valence-electron chi connectivity index (χ1n) is 5.66. The predicted molar refractivity (Wildman–Crippen MR) is 57.2 cm³/mol. The number of rotatable bonds is 3. The van der Waals surface area contributed by atoms with Gasteiger partial charge in [-0.3, -0.25) is 4.79 Å². The van der Waals surface area contributed by atoms with Gasteiger partial charge in [0.1, 0.15) is 0 Å². The highest BCUT2D eigenvalue weighted by atomic mass is 16.1. The molecular weight excluding hydrogens is 174 g/mol. The molecule has 0 radical (unpaired) electrons. The fourth-order valence-electron chi connectivity index (χ4n) is 2.19. The van der Waals surface area contributed by atoms with Crippen molar-refractivity contribution in [2.75, 3.05) is 20.1 Å². The Balaban J connectivity index is 1.86. The topological polar surface area (TPSA) is 20.3 Å². The number of carbonyl (C=O) groups is 1. The third-order valence-corrected chi connectivity index (χ3v) is 3.40. The fourth-order valence-corrected chi connectivity index (χ4v) is 2.19. The van der Waals surface area contributed by atoms with Gasteiger partial charge in [-0.15, -0.1) is 0 Å². The smallest absolute Gasteiger partial charge is 0.160 e. The fraction of sp³-hybridized carbons (Fsp3) is 0.750. The first-order chi connectivity index (χ1) is 6.75. The summed E-state index contributed by atoms with van der Waals surface area (Å²) >= 11 is 0. The molecule has 78 valence electrons. The Labute approximate surface area is 86.0 Å². The van der Waals surface area contributed by atoms with Gasteiger partial charge in [0.25, 0.3) is 0 Å². The molecule has 2 nitrogen and oxygen atoms in total. The van der Waals surface area contributed by atoms with E-state index in [1.165, 1.54) is 19.3 Å². The molecule has 2 heteroatoms. The summed E-state index contributed by atoms with van der Waals surface area (Å²) in [5.41, 5.74) is 1.06. The molecule has 2 aliphatic rings. The summed E-state index contributed by atoms with van der Waals surface area (Å²) in [4.78, 5) is 14.1. The quantitative estimate of drug-likeness (QED) is 0.683. The minimum Gasteiger partial charge on any atom is -0.302 e. The monoisotopic (exact) mass is 193 g/mol. The van der Waals surface area contributed by atoms with E-state index in [1.54, 1.807) is 0 Å². The second kappa shape index (κ2) is 4.26. The van der Waals surface area contributed by atoms with Gasteiger partial charge in [-0.2, -0.15) is 0 Å². The molecule has 14 heavy (non-hydrogen) atoms. The molecule has 0 N–H and O–H groups in total. The summed E-state index contributed by atoms with van der Waals surface area (Å²) in [6.45, 7) is 1.96. The molecule has 0 aromatic rings. The van der Waals surface area contributed by atoms with E-state index in [4.69, 9.17) is 0 Å². The van der Waals surface area contributed by atoms with Crippen LogP contribution in [0.5, 0.6) is 0 Å². The zero-order valence-electron chi connectivity index (χ0n) is 8.96. The molecule has 0 atom stereocenters. The van der Waals surface area contributed by atoms with Crippen LogP contribution < -0.4 is 0 Å². The minimum atomic E-state index is 0.404.